The average Bonchev–Trinajstić information content (AvgIpc) is 2.64. The highest BCUT2D eigenvalue weighted by Crippen LogP contribution is 2.23. The number of pyridine rings is 1. The fraction of sp³-hybridized carbons (Fsp3) is 0.611. The summed E-state index contributed by atoms with van der Waals surface area (Å²) in [6.07, 6.45) is 9.10. The molecule has 0 amide bonds. The zero-order chi connectivity index (χ0) is 18.1. The number of hydrogen-bond donors (Lipinski definition) is 2. The summed E-state index contributed by atoms with van der Waals surface area (Å²) in [6.45, 7) is 5.91. The third kappa shape index (κ3) is 6.80. The molecule has 1 aromatic heterocycles. The van der Waals surface area contributed by atoms with E-state index in [1.165, 1.54) is 64.0 Å². The summed E-state index contributed by atoms with van der Waals surface area (Å²) in [5.41, 5.74) is 1.20. The molecule has 1 saturated heterocycles. The van der Waals surface area contributed by atoms with E-state index in [2.05, 4.69) is 26.9 Å². The van der Waals surface area contributed by atoms with Crippen molar-refractivity contribution in [2.45, 2.75) is 44.7 Å². The highest BCUT2D eigenvalue weighted by atomic mass is 16.4. The molecule has 0 aromatic carbocycles. The molecule has 1 aliphatic heterocycles. The van der Waals surface area contributed by atoms with Gasteiger partial charge in [-0.15, -0.1) is 0 Å². The topological polar surface area (TPSA) is 94.0 Å². The van der Waals surface area contributed by atoms with Crippen molar-refractivity contribution in [3.63, 3.8) is 0 Å². The van der Waals surface area contributed by atoms with Crippen LogP contribution in [0.1, 0.15) is 37.8 Å². The van der Waals surface area contributed by atoms with E-state index in [1.807, 2.05) is 12.3 Å². The predicted octanol–water partition coefficient (Wildman–Crippen LogP) is 1.69. The standard InChI is InChI=1S/C16H25N3.C2H2O4/c1-2-7-16(8-3-1)19-12-10-18(11-13-19)14-15-6-4-5-9-17-15;3-1(4)2(5)6/h4-6,9,16H,1-3,7-8,10-14H2;(H,3,4)(H,5,6). The van der Waals surface area contributed by atoms with E-state index in [4.69, 9.17) is 19.8 Å². The van der Waals surface area contributed by atoms with Crippen LogP contribution in [0.2, 0.25) is 0 Å². The molecular weight excluding hydrogens is 322 g/mol. The molecule has 1 aliphatic carbocycles. The molecule has 0 atom stereocenters. The van der Waals surface area contributed by atoms with Gasteiger partial charge in [0, 0.05) is 45.0 Å². The van der Waals surface area contributed by atoms with Crippen molar-refractivity contribution >= 4 is 11.9 Å². The number of rotatable bonds is 3. The number of carboxylic acids is 2. The number of piperazine rings is 1. The van der Waals surface area contributed by atoms with Crippen molar-refractivity contribution < 1.29 is 19.8 Å². The van der Waals surface area contributed by atoms with Crippen molar-refractivity contribution in [3.8, 4) is 0 Å². The predicted molar refractivity (Wildman–Crippen MR) is 93.2 cm³/mol. The summed E-state index contributed by atoms with van der Waals surface area (Å²) in [5.74, 6) is -3.65. The number of carbonyl (C=O) groups is 2. The molecule has 2 N–H and O–H groups in total. The minimum Gasteiger partial charge on any atom is -0.473 e. The highest BCUT2D eigenvalue weighted by molar-refractivity contribution is 6.27. The largest absolute Gasteiger partial charge is 0.473 e. The lowest BCUT2D eigenvalue weighted by atomic mass is 9.94. The van der Waals surface area contributed by atoms with Gasteiger partial charge in [-0.3, -0.25) is 14.8 Å². The minimum atomic E-state index is -1.82. The van der Waals surface area contributed by atoms with Crippen LogP contribution in [-0.2, 0) is 16.1 Å². The Morgan fingerprint density at radius 1 is 1.00 bits per heavy atom. The second kappa shape index (κ2) is 10.1. The molecule has 2 fully saturated rings. The summed E-state index contributed by atoms with van der Waals surface area (Å²) in [4.78, 5) is 27.9. The Morgan fingerprint density at radius 2 is 1.64 bits per heavy atom. The normalized spacial score (nSPS) is 19.7. The molecule has 0 bridgehead atoms. The van der Waals surface area contributed by atoms with Gasteiger partial charge in [-0.25, -0.2) is 9.59 Å². The van der Waals surface area contributed by atoms with E-state index < -0.39 is 11.9 Å². The first-order valence-electron chi connectivity index (χ1n) is 8.89. The molecule has 7 heteroatoms. The Hall–Kier alpha value is -1.99. The van der Waals surface area contributed by atoms with Crippen LogP contribution in [-0.4, -0.2) is 69.2 Å². The Balaban J connectivity index is 0.000000326. The molecule has 0 radical (unpaired) electrons. The number of nitrogens with zero attached hydrogens (tertiary/aromatic N) is 3. The smallest absolute Gasteiger partial charge is 0.414 e. The molecule has 0 unspecified atom stereocenters. The first-order valence-corrected chi connectivity index (χ1v) is 8.89. The van der Waals surface area contributed by atoms with Gasteiger partial charge in [0.1, 0.15) is 0 Å². The maximum Gasteiger partial charge on any atom is 0.414 e. The zero-order valence-electron chi connectivity index (χ0n) is 14.5. The van der Waals surface area contributed by atoms with E-state index in [0.717, 1.165) is 12.6 Å². The average molecular weight is 349 g/mol. The Morgan fingerprint density at radius 3 is 2.16 bits per heavy atom. The van der Waals surface area contributed by atoms with E-state index in [-0.39, 0.29) is 0 Å². The summed E-state index contributed by atoms with van der Waals surface area (Å²) < 4.78 is 0. The quantitative estimate of drug-likeness (QED) is 0.802. The Kier molecular flexibility index (Phi) is 7.81. The maximum absolute atomic E-state index is 9.10. The van der Waals surface area contributed by atoms with Crippen LogP contribution < -0.4 is 0 Å². The van der Waals surface area contributed by atoms with Crippen LogP contribution in [0.15, 0.2) is 24.4 Å². The number of aromatic nitrogens is 1. The number of hydrogen-bond acceptors (Lipinski definition) is 5. The number of carboxylic acid groups (broad SMARTS) is 2. The van der Waals surface area contributed by atoms with Crippen LogP contribution in [0.25, 0.3) is 0 Å². The SMILES string of the molecule is O=C(O)C(=O)O.c1ccc(CN2CCN(C3CCCCC3)CC2)nc1. The van der Waals surface area contributed by atoms with Crippen LogP contribution in [0.5, 0.6) is 0 Å². The van der Waals surface area contributed by atoms with Gasteiger partial charge in [0.15, 0.2) is 0 Å². The van der Waals surface area contributed by atoms with Crippen LogP contribution >= 0.6 is 0 Å². The molecule has 1 aromatic rings. The lowest BCUT2D eigenvalue weighted by Gasteiger charge is -2.40. The van der Waals surface area contributed by atoms with Gasteiger partial charge in [0.2, 0.25) is 0 Å². The molecule has 2 heterocycles. The van der Waals surface area contributed by atoms with E-state index >= 15 is 0 Å². The maximum atomic E-state index is 9.10. The third-order valence-corrected chi connectivity index (χ3v) is 4.79. The van der Waals surface area contributed by atoms with Gasteiger partial charge in [-0.05, 0) is 25.0 Å². The van der Waals surface area contributed by atoms with Gasteiger partial charge in [-0.2, -0.15) is 0 Å². The van der Waals surface area contributed by atoms with E-state index in [9.17, 15) is 0 Å². The second-order valence-electron chi connectivity index (χ2n) is 6.54. The lowest BCUT2D eigenvalue weighted by Crippen LogP contribution is -2.50. The first kappa shape index (κ1) is 19.3. The van der Waals surface area contributed by atoms with Gasteiger partial charge in [0.05, 0.1) is 5.69 Å². The first-order chi connectivity index (χ1) is 12.1. The third-order valence-electron chi connectivity index (χ3n) is 4.79. The van der Waals surface area contributed by atoms with Gasteiger partial charge >= 0.3 is 11.9 Å². The summed E-state index contributed by atoms with van der Waals surface area (Å²) in [6, 6.07) is 7.09. The molecule has 7 nitrogen and oxygen atoms in total. The lowest BCUT2D eigenvalue weighted by molar-refractivity contribution is -0.159. The van der Waals surface area contributed by atoms with Crippen molar-refractivity contribution in [1.29, 1.82) is 0 Å². The van der Waals surface area contributed by atoms with Gasteiger partial charge in [-0.1, -0.05) is 25.3 Å². The fourth-order valence-corrected chi connectivity index (χ4v) is 3.45. The van der Waals surface area contributed by atoms with Crippen molar-refractivity contribution in [2.75, 3.05) is 26.2 Å². The molecule has 1 saturated carbocycles. The summed E-state index contributed by atoms with van der Waals surface area (Å²) in [7, 11) is 0. The van der Waals surface area contributed by atoms with Crippen LogP contribution in [0.3, 0.4) is 0 Å². The second-order valence-corrected chi connectivity index (χ2v) is 6.54. The molecule has 3 rings (SSSR count). The molecule has 25 heavy (non-hydrogen) atoms. The Labute approximate surface area is 148 Å². The zero-order valence-corrected chi connectivity index (χ0v) is 14.5. The monoisotopic (exact) mass is 349 g/mol. The minimum absolute atomic E-state index is 0.880. The molecule has 0 spiro atoms. The van der Waals surface area contributed by atoms with Crippen LogP contribution in [0.4, 0.5) is 0 Å². The van der Waals surface area contributed by atoms with Gasteiger partial charge < -0.3 is 10.2 Å². The van der Waals surface area contributed by atoms with Gasteiger partial charge in [0.25, 0.3) is 0 Å². The van der Waals surface area contributed by atoms with Crippen molar-refractivity contribution in [2.24, 2.45) is 0 Å². The van der Waals surface area contributed by atoms with E-state index in [0.29, 0.717) is 0 Å². The van der Waals surface area contributed by atoms with Crippen molar-refractivity contribution in [3.05, 3.63) is 30.1 Å². The van der Waals surface area contributed by atoms with E-state index in [1.54, 1.807) is 0 Å². The summed E-state index contributed by atoms with van der Waals surface area (Å²) >= 11 is 0. The Bertz CT molecular complexity index is 527. The summed E-state index contributed by atoms with van der Waals surface area (Å²) in [5, 5.41) is 14.8. The molecular formula is C18H27N3O4. The van der Waals surface area contributed by atoms with Crippen molar-refractivity contribution in [1.82, 2.24) is 14.8 Å². The fourth-order valence-electron chi connectivity index (χ4n) is 3.45. The molecule has 138 valence electrons. The number of aliphatic carboxylic acids is 2. The molecule has 2 aliphatic rings. The van der Waals surface area contributed by atoms with Crippen LogP contribution in [0, 0.1) is 0 Å². The highest BCUT2D eigenvalue weighted by Gasteiger charge is 2.24.